The second-order valence-corrected chi connectivity index (χ2v) is 7.34. The maximum atomic E-state index is 10.6. The first kappa shape index (κ1) is 18.8. The molecule has 0 saturated carbocycles. The van der Waals surface area contributed by atoms with Crippen LogP contribution in [0.4, 0.5) is 0 Å². The predicted molar refractivity (Wildman–Crippen MR) is 78.0 cm³/mol. The maximum Gasteiger partial charge on any atom is 0.186 e. The Balaban J connectivity index is 2.97. The summed E-state index contributed by atoms with van der Waals surface area (Å²) in [6, 6.07) is 0. The molecule has 0 aromatic heterocycles. The Hall–Kier alpha value is -0.240. The van der Waals surface area contributed by atoms with Crippen molar-refractivity contribution < 1.29 is 29.2 Å². The molecule has 0 spiro atoms. The van der Waals surface area contributed by atoms with Crippen LogP contribution in [0.5, 0.6) is 0 Å². The lowest BCUT2D eigenvalue weighted by Gasteiger charge is -2.46. The molecule has 6 heteroatoms. The van der Waals surface area contributed by atoms with Crippen molar-refractivity contribution in [1.82, 2.24) is 0 Å². The molecule has 0 aliphatic carbocycles. The molecule has 1 saturated heterocycles. The summed E-state index contributed by atoms with van der Waals surface area (Å²) in [6.45, 7) is 11.1. The third-order valence-corrected chi connectivity index (χ3v) is 3.01. The summed E-state index contributed by atoms with van der Waals surface area (Å²) < 4.78 is 22.7. The van der Waals surface area contributed by atoms with Crippen LogP contribution < -0.4 is 0 Å². The van der Waals surface area contributed by atoms with E-state index in [0.717, 1.165) is 0 Å². The van der Waals surface area contributed by atoms with E-state index in [0.29, 0.717) is 0 Å². The highest BCUT2D eigenvalue weighted by molar-refractivity contribution is 4.93. The summed E-state index contributed by atoms with van der Waals surface area (Å²) in [7, 11) is 1.48. The van der Waals surface area contributed by atoms with Crippen molar-refractivity contribution in [2.75, 3.05) is 13.7 Å². The lowest BCUT2D eigenvalue weighted by atomic mass is 9.97. The Bertz CT molecular complexity index is 289. The van der Waals surface area contributed by atoms with E-state index in [1.807, 2.05) is 41.5 Å². The molecule has 126 valence electrons. The normalized spacial score (nSPS) is 35.0. The van der Waals surface area contributed by atoms with Crippen molar-refractivity contribution >= 4 is 0 Å². The van der Waals surface area contributed by atoms with Gasteiger partial charge in [0.25, 0.3) is 0 Å². The van der Waals surface area contributed by atoms with E-state index in [9.17, 15) is 10.2 Å². The van der Waals surface area contributed by atoms with Gasteiger partial charge in [-0.25, -0.2) is 0 Å². The molecule has 1 aliphatic rings. The molecule has 0 aromatic rings. The van der Waals surface area contributed by atoms with E-state index in [1.54, 1.807) is 0 Å². The van der Waals surface area contributed by atoms with Gasteiger partial charge in [-0.05, 0) is 41.5 Å². The molecule has 2 N–H and O–H groups in total. The number of hydrogen-bond donors (Lipinski definition) is 2. The molecular weight excluding hydrogens is 276 g/mol. The van der Waals surface area contributed by atoms with Crippen LogP contribution in [-0.2, 0) is 18.9 Å². The van der Waals surface area contributed by atoms with Gasteiger partial charge in [0, 0.05) is 7.11 Å². The van der Waals surface area contributed by atoms with E-state index >= 15 is 0 Å². The fourth-order valence-electron chi connectivity index (χ4n) is 2.32. The Labute approximate surface area is 127 Å². The van der Waals surface area contributed by atoms with E-state index in [4.69, 9.17) is 18.9 Å². The topological polar surface area (TPSA) is 77.4 Å². The molecule has 6 nitrogen and oxygen atoms in total. The third-order valence-electron chi connectivity index (χ3n) is 3.01. The third kappa shape index (κ3) is 5.47. The number of methoxy groups -OCH3 is 1. The molecule has 1 rings (SSSR count). The Morgan fingerprint density at radius 1 is 0.952 bits per heavy atom. The molecule has 0 aromatic carbocycles. The second kappa shape index (κ2) is 6.89. The zero-order chi connectivity index (χ0) is 16.4. The van der Waals surface area contributed by atoms with Crippen LogP contribution in [0.1, 0.15) is 41.5 Å². The van der Waals surface area contributed by atoms with Crippen LogP contribution in [0.2, 0.25) is 0 Å². The first-order valence-electron chi connectivity index (χ1n) is 7.31. The SMILES string of the molecule is CO[C@H]1O[C@H](CO)[C@@H](OC(C)(C)C)[C@H](O)[C@@H]1OC(C)(C)C. The summed E-state index contributed by atoms with van der Waals surface area (Å²) in [5.41, 5.74) is -0.946. The molecule has 21 heavy (non-hydrogen) atoms. The van der Waals surface area contributed by atoms with Crippen LogP contribution in [0.3, 0.4) is 0 Å². The lowest BCUT2D eigenvalue weighted by Crippen LogP contribution is -2.62. The number of rotatable bonds is 4. The highest BCUT2D eigenvalue weighted by atomic mass is 16.7. The van der Waals surface area contributed by atoms with Crippen molar-refractivity contribution in [3.8, 4) is 0 Å². The second-order valence-electron chi connectivity index (χ2n) is 7.34. The summed E-state index contributed by atoms with van der Waals surface area (Å²) in [5, 5.41) is 20.1. The highest BCUT2D eigenvalue weighted by Crippen LogP contribution is 2.31. The summed E-state index contributed by atoms with van der Waals surface area (Å²) in [4.78, 5) is 0. The fourth-order valence-corrected chi connectivity index (χ4v) is 2.32. The van der Waals surface area contributed by atoms with Gasteiger partial charge in [0.05, 0.1) is 17.8 Å². The van der Waals surface area contributed by atoms with E-state index in [2.05, 4.69) is 0 Å². The van der Waals surface area contributed by atoms with Crippen molar-refractivity contribution in [3.05, 3.63) is 0 Å². The van der Waals surface area contributed by atoms with Crippen LogP contribution in [0, 0.1) is 0 Å². The standard InChI is InChI=1S/C15H30O6/c1-14(2,3)20-11-9(8-16)19-13(18-7)12(10(11)17)21-15(4,5)6/h9-13,16-17H,8H2,1-7H3/t9-,10+,11-,12+,13+/m1/s1. The molecule has 0 radical (unpaired) electrons. The van der Waals surface area contributed by atoms with Crippen LogP contribution in [-0.4, -0.2) is 65.8 Å². The molecule has 1 heterocycles. The molecular formula is C15H30O6. The average Bonchev–Trinajstić information content (AvgIpc) is 2.31. The van der Waals surface area contributed by atoms with Gasteiger partial charge in [-0.2, -0.15) is 0 Å². The molecule has 5 atom stereocenters. The quantitative estimate of drug-likeness (QED) is 0.809. The summed E-state index contributed by atoms with van der Waals surface area (Å²) in [5.74, 6) is 0. The smallest absolute Gasteiger partial charge is 0.186 e. The summed E-state index contributed by atoms with van der Waals surface area (Å²) >= 11 is 0. The maximum absolute atomic E-state index is 10.6. The molecule has 0 amide bonds. The first-order chi connectivity index (χ1) is 9.48. The Kier molecular flexibility index (Phi) is 6.17. The predicted octanol–water partition coefficient (Wildman–Crippen LogP) is 1.08. The van der Waals surface area contributed by atoms with Gasteiger partial charge < -0.3 is 29.2 Å². The summed E-state index contributed by atoms with van der Waals surface area (Å²) in [6.07, 6.45) is -3.75. The number of aliphatic hydroxyl groups excluding tert-OH is 2. The molecule has 1 aliphatic heterocycles. The van der Waals surface area contributed by atoms with Gasteiger partial charge in [0.1, 0.15) is 24.4 Å². The van der Waals surface area contributed by atoms with Gasteiger partial charge in [0.15, 0.2) is 6.29 Å². The largest absolute Gasteiger partial charge is 0.394 e. The minimum atomic E-state index is -0.959. The van der Waals surface area contributed by atoms with Crippen molar-refractivity contribution in [3.63, 3.8) is 0 Å². The molecule has 0 bridgehead atoms. The van der Waals surface area contributed by atoms with Crippen molar-refractivity contribution in [2.45, 2.75) is 83.5 Å². The average molecular weight is 306 g/mol. The van der Waals surface area contributed by atoms with Crippen LogP contribution in [0.15, 0.2) is 0 Å². The fraction of sp³-hybridized carbons (Fsp3) is 1.00. The minimum Gasteiger partial charge on any atom is -0.394 e. The number of ether oxygens (including phenoxy) is 4. The van der Waals surface area contributed by atoms with Crippen molar-refractivity contribution in [1.29, 1.82) is 0 Å². The van der Waals surface area contributed by atoms with E-state index in [1.165, 1.54) is 7.11 Å². The molecule has 0 unspecified atom stereocenters. The van der Waals surface area contributed by atoms with Crippen LogP contribution in [0.25, 0.3) is 0 Å². The van der Waals surface area contributed by atoms with Crippen LogP contribution >= 0.6 is 0 Å². The Morgan fingerprint density at radius 3 is 1.81 bits per heavy atom. The number of aliphatic hydroxyl groups is 2. The van der Waals surface area contributed by atoms with Gasteiger partial charge in [-0.3, -0.25) is 0 Å². The van der Waals surface area contributed by atoms with Gasteiger partial charge >= 0.3 is 0 Å². The van der Waals surface area contributed by atoms with Crippen molar-refractivity contribution in [2.24, 2.45) is 0 Å². The van der Waals surface area contributed by atoms with E-state index < -0.39 is 41.9 Å². The molecule has 1 fully saturated rings. The van der Waals surface area contributed by atoms with Gasteiger partial charge in [0.2, 0.25) is 0 Å². The monoisotopic (exact) mass is 306 g/mol. The number of hydrogen-bond acceptors (Lipinski definition) is 6. The highest BCUT2D eigenvalue weighted by Gasteiger charge is 2.49. The minimum absolute atomic E-state index is 0.264. The first-order valence-corrected chi connectivity index (χ1v) is 7.31. The lowest BCUT2D eigenvalue weighted by molar-refractivity contribution is -0.331. The Morgan fingerprint density at radius 2 is 1.43 bits per heavy atom. The zero-order valence-corrected chi connectivity index (χ0v) is 14.1. The van der Waals surface area contributed by atoms with E-state index in [-0.39, 0.29) is 6.61 Å². The van der Waals surface area contributed by atoms with Gasteiger partial charge in [-0.1, -0.05) is 0 Å². The van der Waals surface area contributed by atoms with Gasteiger partial charge in [-0.15, -0.1) is 0 Å². The zero-order valence-electron chi connectivity index (χ0n) is 14.1.